The summed E-state index contributed by atoms with van der Waals surface area (Å²) in [5.41, 5.74) is 5.96. The molecule has 0 radical (unpaired) electrons. The van der Waals surface area contributed by atoms with Crippen LogP contribution in [-0.4, -0.2) is 62.7 Å². The highest BCUT2D eigenvalue weighted by Gasteiger charge is 2.32. The van der Waals surface area contributed by atoms with E-state index in [-0.39, 0.29) is 12.1 Å². The molecule has 5 nitrogen and oxygen atoms in total. The first kappa shape index (κ1) is 11.3. The van der Waals surface area contributed by atoms with Crippen molar-refractivity contribution >= 4 is 6.03 Å². The van der Waals surface area contributed by atoms with Gasteiger partial charge < -0.3 is 20.9 Å². The van der Waals surface area contributed by atoms with Crippen molar-refractivity contribution in [2.24, 2.45) is 11.7 Å². The fraction of sp³-hybridized carbons (Fsp3) is 0.889. The summed E-state index contributed by atoms with van der Waals surface area (Å²) in [5, 5.41) is 2.62. The molecular weight excluding hydrogens is 180 g/mol. The second-order valence-corrected chi connectivity index (χ2v) is 4.15. The minimum Gasteiger partial charge on any atom is -0.341 e. The second kappa shape index (κ2) is 4.61. The Balaban J connectivity index is 2.47. The zero-order valence-electron chi connectivity index (χ0n) is 9.16. The average molecular weight is 200 g/mol. The van der Waals surface area contributed by atoms with E-state index in [1.54, 1.807) is 11.9 Å². The molecule has 2 amide bonds. The third kappa shape index (κ3) is 2.59. The molecule has 2 atom stereocenters. The van der Waals surface area contributed by atoms with Gasteiger partial charge in [0.15, 0.2) is 0 Å². The summed E-state index contributed by atoms with van der Waals surface area (Å²) in [6.07, 6.45) is 0. The Kier molecular flexibility index (Phi) is 3.71. The lowest BCUT2D eigenvalue weighted by molar-refractivity contribution is 0.207. The molecule has 1 rings (SSSR count). The summed E-state index contributed by atoms with van der Waals surface area (Å²) >= 11 is 0. The fourth-order valence-electron chi connectivity index (χ4n) is 1.88. The minimum atomic E-state index is -0.0262. The van der Waals surface area contributed by atoms with Crippen molar-refractivity contribution in [3.63, 3.8) is 0 Å². The van der Waals surface area contributed by atoms with Gasteiger partial charge in [-0.05, 0) is 14.1 Å². The highest BCUT2D eigenvalue weighted by Crippen LogP contribution is 2.15. The maximum Gasteiger partial charge on any atom is 0.317 e. The number of hydrogen-bond acceptors (Lipinski definition) is 3. The molecule has 0 aliphatic carbocycles. The summed E-state index contributed by atoms with van der Waals surface area (Å²) in [6, 6.07) is 0.0800. The van der Waals surface area contributed by atoms with Gasteiger partial charge in [0.05, 0.1) is 0 Å². The second-order valence-electron chi connectivity index (χ2n) is 4.15. The molecule has 0 saturated carbocycles. The average Bonchev–Trinajstić information content (AvgIpc) is 2.46. The summed E-state index contributed by atoms with van der Waals surface area (Å²) in [5.74, 6) is 0.391. The van der Waals surface area contributed by atoms with Gasteiger partial charge in [0.2, 0.25) is 0 Å². The molecule has 82 valence electrons. The zero-order chi connectivity index (χ0) is 10.7. The molecule has 0 unspecified atom stereocenters. The highest BCUT2D eigenvalue weighted by molar-refractivity contribution is 5.74. The number of rotatable bonds is 2. The maximum atomic E-state index is 11.3. The van der Waals surface area contributed by atoms with Crippen molar-refractivity contribution in [3.05, 3.63) is 0 Å². The van der Waals surface area contributed by atoms with E-state index in [1.807, 2.05) is 14.1 Å². The summed E-state index contributed by atoms with van der Waals surface area (Å²) in [7, 11) is 5.69. The lowest BCUT2D eigenvalue weighted by Crippen LogP contribution is -2.37. The Morgan fingerprint density at radius 3 is 2.71 bits per heavy atom. The Labute approximate surface area is 85.2 Å². The highest BCUT2D eigenvalue weighted by atomic mass is 16.2. The first-order valence-corrected chi connectivity index (χ1v) is 4.91. The molecule has 14 heavy (non-hydrogen) atoms. The van der Waals surface area contributed by atoms with Crippen LogP contribution in [0, 0.1) is 5.92 Å². The predicted molar refractivity (Wildman–Crippen MR) is 56.0 cm³/mol. The van der Waals surface area contributed by atoms with E-state index in [9.17, 15) is 4.79 Å². The molecule has 1 aliphatic rings. The molecule has 0 bridgehead atoms. The number of urea groups is 1. The molecule has 0 spiro atoms. The van der Waals surface area contributed by atoms with Gasteiger partial charge in [0, 0.05) is 38.6 Å². The standard InChI is InChI=1S/C9H20N4O/c1-11-9(14)13-5-7(4-12(2)3)8(10)6-13/h7-8H,4-6,10H2,1-3H3,(H,11,14)/t7-,8-/m1/s1. The number of carbonyl (C=O) groups excluding carboxylic acids is 1. The molecule has 1 aliphatic heterocycles. The van der Waals surface area contributed by atoms with Gasteiger partial charge >= 0.3 is 6.03 Å². The topological polar surface area (TPSA) is 61.6 Å². The van der Waals surface area contributed by atoms with Crippen LogP contribution in [0.2, 0.25) is 0 Å². The first-order chi connectivity index (χ1) is 6.54. The van der Waals surface area contributed by atoms with Crippen LogP contribution in [0.5, 0.6) is 0 Å². The molecule has 1 saturated heterocycles. The fourth-order valence-corrected chi connectivity index (χ4v) is 1.88. The van der Waals surface area contributed by atoms with Gasteiger partial charge in [-0.15, -0.1) is 0 Å². The van der Waals surface area contributed by atoms with E-state index >= 15 is 0 Å². The van der Waals surface area contributed by atoms with Gasteiger partial charge in [0.1, 0.15) is 0 Å². The van der Waals surface area contributed by atoms with Crippen molar-refractivity contribution in [3.8, 4) is 0 Å². The molecule has 1 fully saturated rings. The SMILES string of the molecule is CNC(=O)N1C[C@@H](CN(C)C)[C@H](N)C1. The Morgan fingerprint density at radius 1 is 1.57 bits per heavy atom. The van der Waals surface area contributed by atoms with Gasteiger partial charge in [0.25, 0.3) is 0 Å². The van der Waals surface area contributed by atoms with Crippen LogP contribution in [-0.2, 0) is 0 Å². The van der Waals surface area contributed by atoms with Crippen LogP contribution in [0.15, 0.2) is 0 Å². The number of nitrogens with two attached hydrogens (primary N) is 1. The van der Waals surface area contributed by atoms with Crippen LogP contribution in [0.3, 0.4) is 0 Å². The first-order valence-electron chi connectivity index (χ1n) is 4.91. The van der Waals surface area contributed by atoms with E-state index in [2.05, 4.69) is 10.2 Å². The Morgan fingerprint density at radius 2 is 2.21 bits per heavy atom. The minimum absolute atomic E-state index is 0.0262. The van der Waals surface area contributed by atoms with E-state index < -0.39 is 0 Å². The third-order valence-corrected chi connectivity index (χ3v) is 2.59. The summed E-state index contributed by atoms with van der Waals surface area (Å²) < 4.78 is 0. The van der Waals surface area contributed by atoms with Crippen molar-refractivity contribution in [1.82, 2.24) is 15.1 Å². The molecular formula is C9H20N4O. The number of hydrogen-bond donors (Lipinski definition) is 2. The molecule has 0 aromatic rings. The molecule has 0 aromatic heterocycles. The molecule has 0 aromatic carbocycles. The smallest absolute Gasteiger partial charge is 0.317 e. The van der Waals surface area contributed by atoms with Crippen LogP contribution >= 0.6 is 0 Å². The van der Waals surface area contributed by atoms with E-state index in [1.165, 1.54) is 0 Å². The summed E-state index contributed by atoms with van der Waals surface area (Å²) in [6.45, 7) is 2.37. The number of likely N-dealkylation sites (tertiary alicyclic amines) is 1. The zero-order valence-corrected chi connectivity index (χ0v) is 9.16. The molecule has 5 heteroatoms. The molecule has 3 N–H and O–H groups in total. The van der Waals surface area contributed by atoms with Crippen molar-refractivity contribution in [2.75, 3.05) is 40.8 Å². The van der Waals surface area contributed by atoms with E-state index in [4.69, 9.17) is 5.73 Å². The normalized spacial score (nSPS) is 27.1. The monoisotopic (exact) mass is 200 g/mol. The van der Waals surface area contributed by atoms with Crippen LogP contribution in [0.4, 0.5) is 4.79 Å². The van der Waals surface area contributed by atoms with E-state index in [0.717, 1.165) is 13.1 Å². The number of amides is 2. The van der Waals surface area contributed by atoms with Crippen LogP contribution < -0.4 is 11.1 Å². The van der Waals surface area contributed by atoms with Gasteiger partial charge in [-0.2, -0.15) is 0 Å². The van der Waals surface area contributed by atoms with Crippen molar-refractivity contribution < 1.29 is 4.79 Å². The number of nitrogens with zero attached hydrogens (tertiary/aromatic N) is 2. The van der Waals surface area contributed by atoms with Crippen molar-refractivity contribution in [2.45, 2.75) is 6.04 Å². The van der Waals surface area contributed by atoms with Crippen LogP contribution in [0.1, 0.15) is 0 Å². The quantitative estimate of drug-likeness (QED) is 0.610. The van der Waals surface area contributed by atoms with Gasteiger partial charge in [-0.1, -0.05) is 0 Å². The van der Waals surface area contributed by atoms with E-state index in [0.29, 0.717) is 12.5 Å². The number of nitrogens with one attached hydrogen (secondary N) is 1. The Bertz CT molecular complexity index is 207. The Hall–Kier alpha value is -0.810. The third-order valence-electron chi connectivity index (χ3n) is 2.59. The lowest BCUT2D eigenvalue weighted by atomic mass is 10.0. The lowest BCUT2D eigenvalue weighted by Gasteiger charge is -2.18. The maximum absolute atomic E-state index is 11.3. The van der Waals surface area contributed by atoms with Gasteiger partial charge in [-0.3, -0.25) is 0 Å². The van der Waals surface area contributed by atoms with Crippen molar-refractivity contribution in [1.29, 1.82) is 0 Å². The largest absolute Gasteiger partial charge is 0.341 e. The molecule has 1 heterocycles. The van der Waals surface area contributed by atoms with Crippen LogP contribution in [0.25, 0.3) is 0 Å². The summed E-state index contributed by atoms with van der Waals surface area (Å²) in [4.78, 5) is 15.2. The van der Waals surface area contributed by atoms with Gasteiger partial charge in [-0.25, -0.2) is 4.79 Å². The predicted octanol–water partition coefficient (Wildman–Crippen LogP) is -0.853. The number of carbonyl (C=O) groups is 1.